The molecule has 2 atom stereocenters. The minimum absolute atomic E-state index is 0.0558. The summed E-state index contributed by atoms with van der Waals surface area (Å²) in [6.07, 6.45) is 86.1. The maximum atomic E-state index is 12.8. The van der Waals surface area contributed by atoms with Crippen LogP contribution in [0.25, 0.3) is 0 Å². The number of unbranched alkanes of at least 4 members (excludes halogenated alkanes) is 43. The Bertz CT molecular complexity index is 1510. The molecular formula is C71H132NO8P. The van der Waals surface area contributed by atoms with Gasteiger partial charge in [0.25, 0.3) is 0 Å². The predicted molar refractivity (Wildman–Crippen MR) is 349 cm³/mol. The van der Waals surface area contributed by atoms with Crippen molar-refractivity contribution in [2.75, 3.05) is 26.4 Å². The number of phosphoric acid groups is 1. The molecule has 474 valence electrons. The standard InChI is InChI=1S/C71H132NO8P/c1-3-5-7-9-11-13-15-17-19-21-23-25-26-27-28-29-30-31-32-33-34-35-36-37-38-39-40-41-42-44-46-48-50-52-54-56-58-60-62-64-71(74)80-69(68-79-81(75,76)78-66-65-72)67-77-70(73)63-61-59-57-55-53-51-49-47-45-43-24-22-20-18-16-14-12-10-8-6-4-2/h5,7,11,13,17,19,23,25,27-28,69H,3-4,6,8-10,12,14-16,18,20-22,24,26,29-68,72H2,1-2H3,(H,75,76)/b7-5-,13-11-,19-17-,25-23-,28-27-. The van der Waals surface area contributed by atoms with Crippen molar-refractivity contribution in [1.82, 2.24) is 0 Å². The van der Waals surface area contributed by atoms with Gasteiger partial charge >= 0.3 is 19.8 Å². The zero-order valence-electron chi connectivity index (χ0n) is 53.3. The normalized spacial score (nSPS) is 13.3. The average molecular weight is 1160 g/mol. The molecule has 0 heterocycles. The molecule has 0 aliphatic rings. The summed E-state index contributed by atoms with van der Waals surface area (Å²) in [4.78, 5) is 35.3. The Hall–Kier alpha value is -2.29. The zero-order chi connectivity index (χ0) is 58.7. The third kappa shape index (κ3) is 66.7. The first-order valence-electron chi connectivity index (χ1n) is 34.8. The van der Waals surface area contributed by atoms with E-state index in [9.17, 15) is 19.0 Å². The van der Waals surface area contributed by atoms with Gasteiger partial charge in [-0.1, -0.05) is 338 Å². The fourth-order valence-corrected chi connectivity index (χ4v) is 11.1. The van der Waals surface area contributed by atoms with Gasteiger partial charge in [-0.15, -0.1) is 0 Å². The van der Waals surface area contributed by atoms with Crippen LogP contribution in [0.3, 0.4) is 0 Å². The summed E-state index contributed by atoms with van der Waals surface area (Å²) >= 11 is 0. The van der Waals surface area contributed by atoms with Crippen LogP contribution in [0.4, 0.5) is 0 Å². The molecule has 81 heavy (non-hydrogen) atoms. The lowest BCUT2D eigenvalue weighted by Gasteiger charge is -2.19. The van der Waals surface area contributed by atoms with E-state index in [1.807, 2.05) is 0 Å². The third-order valence-electron chi connectivity index (χ3n) is 15.4. The number of allylic oxidation sites excluding steroid dienone is 10. The Labute approximate surface area is 501 Å². The van der Waals surface area contributed by atoms with Gasteiger partial charge in [0.1, 0.15) is 6.61 Å². The highest BCUT2D eigenvalue weighted by Gasteiger charge is 2.26. The van der Waals surface area contributed by atoms with Crippen LogP contribution in [0.5, 0.6) is 0 Å². The van der Waals surface area contributed by atoms with Crippen LogP contribution in [0.2, 0.25) is 0 Å². The van der Waals surface area contributed by atoms with Crippen molar-refractivity contribution in [3.63, 3.8) is 0 Å². The molecule has 0 saturated heterocycles. The Balaban J connectivity index is 3.78. The van der Waals surface area contributed by atoms with Gasteiger partial charge in [0.2, 0.25) is 0 Å². The minimum Gasteiger partial charge on any atom is -0.462 e. The van der Waals surface area contributed by atoms with Crippen LogP contribution >= 0.6 is 7.82 Å². The second kappa shape index (κ2) is 66.8. The van der Waals surface area contributed by atoms with Crippen LogP contribution in [-0.2, 0) is 32.7 Å². The second-order valence-electron chi connectivity index (χ2n) is 23.4. The largest absolute Gasteiger partial charge is 0.472 e. The van der Waals surface area contributed by atoms with Crippen molar-refractivity contribution in [3.05, 3.63) is 60.8 Å². The van der Waals surface area contributed by atoms with Gasteiger partial charge in [-0.3, -0.25) is 18.6 Å². The molecule has 0 aromatic heterocycles. The molecule has 0 radical (unpaired) electrons. The molecule has 0 aliphatic heterocycles. The van der Waals surface area contributed by atoms with E-state index < -0.39 is 26.5 Å². The molecule has 0 fully saturated rings. The van der Waals surface area contributed by atoms with Crippen molar-refractivity contribution in [3.8, 4) is 0 Å². The van der Waals surface area contributed by atoms with Crippen molar-refractivity contribution < 1.29 is 37.6 Å². The molecule has 0 spiro atoms. The highest BCUT2D eigenvalue weighted by molar-refractivity contribution is 7.47. The van der Waals surface area contributed by atoms with E-state index in [0.717, 1.165) is 64.2 Å². The van der Waals surface area contributed by atoms with E-state index in [1.54, 1.807) is 0 Å². The number of ether oxygens (including phenoxy) is 2. The topological polar surface area (TPSA) is 134 Å². The fourth-order valence-electron chi connectivity index (χ4n) is 10.3. The van der Waals surface area contributed by atoms with Crippen LogP contribution in [0, 0.1) is 0 Å². The highest BCUT2D eigenvalue weighted by Crippen LogP contribution is 2.43. The lowest BCUT2D eigenvalue weighted by atomic mass is 10.0. The van der Waals surface area contributed by atoms with Crippen LogP contribution < -0.4 is 5.73 Å². The Morgan fingerprint density at radius 3 is 1.01 bits per heavy atom. The molecule has 0 aliphatic carbocycles. The van der Waals surface area contributed by atoms with Gasteiger partial charge < -0.3 is 20.1 Å². The van der Waals surface area contributed by atoms with Crippen molar-refractivity contribution in [2.45, 2.75) is 354 Å². The van der Waals surface area contributed by atoms with Gasteiger partial charge in [-0.2, -0.15) is 0 Å². The Morgan fingerprint density at radius 2 is 0.679 bits per heavy atom. The number of carbonyl (C=O) groups is 2. The van der Waals surface area contributed by atoms with Gasteiger partial charge in [-0.25, -0.2) is 4.57 Å². The zero-order valence-corrected chi connectivity index (χ0v) is 54.2. The third-order valence-corrected chi connectivity index (χ3v) is 16.4. The Kier molecular flexibility index (Phi) is 65.0. The minimum atomic E-state index is -4.39. The average Bonchev–Trinajstić information content (AvgIpc) is 3.46. The van der Waals surface area contributed by atoms with Crippen LogP contribution in [-0.4, -0.2) is 49.3 Å². The number of esters is 2. The van der Waals surface area contributed by atoms with Gasteiger partial charge in [0.15, 0.2) is 6.10 Å². The number of rotatable bonds is 66. The predicted octanol–water partition coefficient (Wildman–Crippen LogP) is 22.6. The van der Waals surface area contributed by atoms with E-state index in [2.05, 4.69) is 74.6 Å². The molecule has 10 heteroatoms. The van der Waals surface area contributed by atoms with E-state index in [4.69, 9.17) is 24.3 Å². The molecule has 0 rings (SSSR count). The number of hydrogen-bond donors (Lipinski definition) is 2. The number of phosphoric ester groups is 1. The first kappa shape index (κ1) is 78.7. The summed E-state index contributed by atoms with van der Waals surface area (Å²) in [6, 6.07) is 0. The molecule has 0 aromatic carbocycles. The molecule has 0 saturated carbocycles. The number of carbonyl (C=O) groups excluding carboxylic acids is 2. The summed E-state index contributed by atoms with van der Waals surface area (Å²) in [7, 11) is -4.39. The van der Waals surface area contributed by atoms with E-state index >= 15 is 0 Å². The maximum Gasteiger partial charge on any atom is 0.472 e. The van der Waals surface area contributed by atoms with Crippen LogP contribution in [0.15, 0.2) is 60.8 Å². The molecule has 0 bridgehead atoms. The maximum absolute atomic E-state index is 12.8. The van der Waals surface area contributed by atoms with E-state index in [1.165, 1.54) is 250 Å². The first-order valence-corrected chi connectivity index (χ1v) is 36.3. The van der Waals surface area contributed by atoms with E-state index in [0.29, 0.717) is 6.42 Å². The summed E-state index contributed by atoms with van der Waals surface area (Å²) in [5.41, 5.74) is 5.40. The lowest BCUT2D eigenvalue weighted by molar-refractivity contribution is -0.161. The molecule has 0 amide bonds. The van der Waals surface area contributed by atoms with Crippen molar-refractivity contribution in [2.24, 2.45) is 5.73 Å². The molecular weight excluding hydrogens is 1030 g/mol. The summed E-state index contributed by atoms with van der Waals surface area (Å²) in [6.45, 7) is 3.70. The smallest absolute Gasteiger partial charge is 0.462 e. The number of hydrogen-bond acceptors (Lipinski definition) is 8. The quantitative estimate of drug-likeness (QED) is 0.0264. The Morgan fingerprint density at radius 1 is 0.383 bits per heavy atom. The fraction of sp³-hybridized carbons (Fsp3) is 0.831. The second-order valence-corrected chi connectivity index (χ2v) is 24.8. The summed E-state index contributed by atoms with van der Waals surface area (Å²) in [5, 5.41) is 0. The summed E-state index contributed by atoms with van der Waals surface area (Å²) < 4.78 is 33.2. The molecule has 0 aromatic rings. The van der Waals surface area contributed by atoms with Crippen LogP contribution in [0.1, 0.15) is 348 Å². The summed E-state index contributed by atoms with van der Waals surface area (Å²) in [5.74, 6) is -0.806. The molecule has 9 nitrogen and oxygen atoms in total. The monoisotopic (exact) mass is 1160 g/mol. The lowest BCUT2D eigenvalue weighted by Crippen LogP contribution is -2.29. The van der Waals surface area contributed by atoms with Crippen molar-refractivity contribution in [1.29, 1.82) is 0 Å². The van der Waals surface area contributed by atoms with Crippen molar-refractivity contribution >= 4 is 19.8 Å². The van der Waals surface area contributed by atoms with E-state index in [-0.39, 0.29) is 38.6 Å². The first-order chi connectivity index (χ1) is 39.8. The van der Waals surface area contributed by atoms with Gasteiger partial charge in [0.05, 0.1) is 13.2 Å². The SMILES string of the molecule is CC/C=C\C/C=C\C/C=C\C/C=C\C/C=C\CCCCCCCCCCCCCCCCCCCCCCCCCC(=O)OC(COC(=O)CCCCCCCCCCCCCCCCCCCCCCC)COP(=O)(O)OCCN. The highest BCUT2D eigenvalue weighted by atomic mass is 31.2. The molecule has 3 N–H and O–H groups in total. The van der Waals surface area contributed by atoms with Gasteiger partial charge in [-0.05, 0) is 57.8 Å². The molecule has 2 unspecified atom stereocenters. The van der Waals surface area contributed by atoms with Gasteiger partial charge in [0, 0.05) is 19.4 Å². The number of nitrogens with two attached hydrogens (primary N) is 1.